The van der Waals surface area contributed by atoms with Gasteiger partial charge in [-0.3, -0.25) is 9.48 Å². The molecule has 1 aliphatic rings. The normalized spacial score (nSPS) is 20.4. The van der Waals surface area contributed by atoms with Gasteiger partial charge in [0, 0.05) is 18.0 Å². The highest BCUT2D eigenvalue weighted by molar-refractivity contribution is 7.91. The summed E-state index contributed by atoms with van der Waals surface area (Å²) in [6.45, 7) is 7.01. The third-order valence-corrected chi connectivity index (χ3v) is 6.85. The zero-order valence-electron chi connectivity index (χ0n) is 13.5. The lowest BCUT2D eigenvalue weighted by Crippen LogP contribution is -2.35. The van der Waals surface area contributed by atoms with E-state index in [1.54, 1.807) is 0 Å². The Morgan fingerprint density at radius 1 is 1.52 bits per heavy atom. The van der Waals surface area contributed by atoms with Crippen molar-refractivity contribution >= 4 is 37.3 Å². The smallest absolute Gasteiger partial charge is 0.261 e. The number of carbonyl (C=O) groups excluding carboxylic acids is 1. The summed E-state index contributed by atoms with van der Waals surface area (Å²) in [5.41, 5.74) is 0.916. The van der Waals surface area contributed by atoms with Crippen LogP contribution in [0.5, 0.6) is 0 Å². The van der Waals surface area contributed by atoms with Crippen LogP contribution < -0.4 is 5.32 Å². The van der Waals surface area contributed by atoms with Crippen LogP contribution in [0.2, 0.25) is 0 Å². The van der Waals surface area contributed by atoms with Crippen LogP contribution in [0, 0.1) is 12.8 Å². The van der Waals surface area contributed by atoms with Gasteiger partial charge in [0.05, 0.1) is 22.1 Å². The molecule has 3 heterocycles. The number of aromatic nitrogens is 2. The Kier molecular flexibility index (Phi) is 4.22. The topological polar surface area (TPSA) is 81.1 Å². The van der Waals surface area contributed by atoms with E-state index in [0.29, 0.717) is 17.2 Å². The molecule has 0 saturated carbocycles. The minimum Gasteiger partial charge on any atom is -0.348 e. The first-order chi connectivity index (χ1) is 10.7. The summed E-state index contributed by atoms with van der Waals surface area (Å²) < 4.78 is 24.9. The van der Waals surface area contributed by atoms with Crippen molar-refractivity contribution in [3.8, 4) is 0 Å². The molecular weight excluding hydrogens is 334 g/mol. The summed E-state index contributed by atoms with van der Waals surface area (Å²) in [5, 5.41) is 8.37. The fraction of sp³-hybridized carbons (Fsp3) is 0.600. The number of sulfone groups is 1. The number of carbonyl (C=O) groups is 1. The lowest BCUT2D eigenvalue weighted by molar-refractivity contribution is 0.0945. The van der Waals surface area contributed by atoms with Gasteiger partial charge in [-0.2, -0.15) is 5.10 Å². The Balaban J connectivity index is 1.81. The van der Waals surface area contributed by atoms with Crippen LogP contribution in [0.15, 0.2) is 6.07 Å². The predicted molar refractivity (Wildman–Crippen MR) is 91.7 cm³/mol. The highest BCUT2D eigenvalue weighted by Gasteiger charge is 2.29. The maximum atomic E-state index is 12.4. The van der Waals surface area contributed by atoms with Crippen molar-refractivity contribution in [2.24, 2.45) is 5.92 Å². The van der Waals surface area contributed by atoms with Gasteiger partial charge >= 0.3 is 0 Å². The van der Waals surface area contributed by atoms with Crippen LogP contribution in [0.1, 0.15) is 35.6 Å². The molecule has 8 heteroatoms. The average molecular weight is 355 g/mol. The van der Waals surface area contributed by atoms with Gasteiger partial charge in [-0.15, -0.1) is 11.3 Å². The van der Waals surface area contributed by atoms with E-state index >= 15 is 0 Å². The number of fused-ring (bicyclic) bond motifs is 1. The molecule has 1 saturated heterocycles. The molecule has 1 amide bonds. The number of hydrogen-bond donors (Lipinski definition) is 1. The number of nitrogens with zero attached hydrogens (tertiary/aromatic N) is 2. The van der Waals surface area contributed by atoms with E-state index in [2.05, 4.69) is 24.3 Å². The molecule has 6 nitrogen and oxygen atoms in total. The molecule has 0 bridgehead atoms. The lowest BCUT2D eigenvalue weighted by atomic mass is 10.2. The van der Waals surface area contributed by atoms with Gasteiger partial charge in [0.15, 0.2) is 9.84 Å². The molecule has 0 aromatic carbocycles. The van der Waals surface area contributed by atoms with Crippen molar-refractivity contribution in [3.63, 3.8) is 0 Å². The number of aryl methyl sites for hydroxylation is 1. The van der Waals surface area contributed by atoms with Gasteiger partial charge in [-0.05, 0) is 25.3 Å². The quantitative estimate of drug-likeness (QED) is 0.909. The Bertz CT molecular complexity index is 849. The Labute approximate surface area is 139 Å². The van der Waals surface area contributed by atoms with Gasteiger partial charge in [0.25, 0.3) is 5.91 Å². The lowest BCUT2D eigenvalue weighted by Gasteiger charge is -2.09. The number of hydrogen-bond acceptors (Lipinski definition) is 5. The number of nitrogens with one attached hydrogen (secondary N) is 1. The second-order valence-corrected chi connectivity index (χ2v) is 9.82. The first-order valence-corrected chi connectivity index (χ1v) is 10.4. The van der Waals surface area contributed by atoms with Crippen molar-refractivity contribution in [1.29, 1.82) is 0 Å². The van der Waals surface area contributed by atoms with Crippen molar-refractivity contribution < 1.29 is 13.2 Å². The molecule has 0 unspecified atom stereocenters. The number of rotatable bonds is 4. The minimum atomic E-state index is -2.99. The van der Waals surface area contributed by atoms with Crippen LogP contribution in [-0.4, -0.2) is 41.7 Å². The summed E-state index contributed by atoms with van der Waals surface area (Å²) >= 11 is 1.42. The Morgan fingerprint density at radius 3 is 2.87 bits per heavy atom. The van der Waals surface area contributed by atoms with E-state index in [1.807, 2.05) is 17.7 Å². The minimum absolute atomic E-state index is 0.0454. The van der Waals surface area contributed by atoms with Crippen molar-refractivity contribution in [2.75, 3.05) is 11.5 Å². The van der Waals surface area contributed by atoms with Crippen molar-refractivity contribution in [3.05, 3.63) is 16.6 Å². The molecule has 0 spiro atoms. The summed E-state index contributed by atoms with van der Waals surface area (Å²) in [7, 11) is -2.99. The molecule has 0 aliphatic carbocycles. The molecule has 1 N–H and O–H groups in total. The van der Waals surface area contributed by atoms with E-state index in [0.717, 1.165) is 22.5 Å². The van der Waals surface area contributed by atoms with E-state index in [-0.39, 0.29) is 23.5 Å². The van der Waals surface area contributed by atoms with Crippen LogP contribution in [0.25, 0.3) is 10.2 Å². The predicted octanol–water partition coefficient (Wildman–Crippen LogP) is 1.98. The Hall–Kier alpha value is -1.41. The first-order valence-electron chi connectivity index (χ1n) is 7.73. The summed E-state index contributed by atoms with van der Waals surface area (Å²) in [5.74, 6) is 0.487. The fourth-order valence-corrected chi connectivity index (χ4v) is 5.61. The van der Waals surface area contributed by atoms with Crippen LogP contribution >= 0.6 is 11.3 Å². The zero-order chi connectivity index (χ0) is 16.8. The van der Waals surface area contributed by atoms with Gasteiger partial charge in [0.2, 0.25) is 0 Å². The third-order valence-electron chi connectivity index (χ3n) is 3.94. The van der Waals surface area contributed by atoms with E-state index < -0.39 is 9.84 Å². The molecule has 3 rings (SSSR count). The fourth-order valence-electron chi connectivity index (χ4n) is 2.86. The van der Waals surface area contributed by atoms with Crippen LogP contribution in [-0.2, 0) is 16.4 Å². The molecule has 0 radical (unpaired) electrons. The summed E-state index contributed by atoms with van der Waals surface area (Å²) in [4.78, 5) is 14.0. The van der Waals surface area contributed by atoms with E-state index in [1.165, 1.54) is 11.3 Å². The average Bonchev–Trinajstić information content (AvgIpc) is 3.07. The largest absolute Gasteiger partial charge is 0.348 e. The molecule has 1 atom stereocenters. The van der Waals surface area contributed by atoms with Gasteiger partial charge < -0.3 is 5.32 Å². The van der Waals surface area contributed by atoms with Gasteiger partial charge in [-0.25, -0.2) is 8.42 Å². The molecule has 2 aromatic heterocycles. The molecule has 1 aliphatic heterocycles. The molecule has 126 valence electrons. The van der Waals surface area contributed by atoms with Crippen LogP contribution in [0.3, 0.4) is 0 Å². The highest BCUT2D eigenvalue weighted by Crippen LogP contribution is 2.29. The first kappa shape index (κ1) is 16.4. The van der Waals surface area contributed by atoms with Crippen LogP contribution in [0.4, 0.5) is 0 Å². The zero-order valence-corrected chi connectivity index (χ0v) is 15.1. The molecule has 1 fully saturated rings. The van der Waals surface area contributed by atoms with Gasteiger partial charge in [-0.1, -0.05) is 13.8 Å². The monoisotopic (exact) mass is 355 g/mol. The second kappa shape index (κ2) is 5.90. The Morgan fingerprint density at radius 2 is 2.26 bits per heavy atom. The van der Waals surface area contributed by atoms with Crippen molar-refractivity contribution in [2.45, 2.75) is 39.8 Å². The number of amides is 1. The van der Waals surface area contributed by atoms with Crippen molar-refractivity contribution in [1.82, 2.24) is 15.1 Å². The van der Waals surface area contributed by atoms with E-state index in [9.17, 15) is 13.2 Å². The maximum Gasteiger partial charge on any atom is 0.261 e. The molecular formula is C15H21N3O3S2. The molecule has 23 heavy (non-hydrogen) atoms. The molecule has 2 aromatic rings. The second-order valence-electron chi connectivity index (χ2n) is 6.56. The van der Waals surface area contributed by atoms with Gasteiger partial charge in [0.1, 0.15) is 4.83 Å². The summed E-state index contributed by atoms with van der Waals surface area (Å²) in [6.07, 6.45) is 0.499. The third kappa shape index (κ3) is 3.42. The highest BCUT2D eigenvalue weighted by atomic mass is 32.2. The van der Waals surface area contributed by atoms with E-state index in [4.69, 9.17) is 0 Å². The summed E-state index contributed by atoms with van der Waals surface area (Å²) in [6, 6.07) is 1.59. The maximum absolute atomic E-state index is 12.4. The number of thiophene rings is 1. The SMILES string of the molecule is Cc1nn(CC(C)C)c2sc(C(=O)N[C@H]3CCS(=O)(=O)C3)cc12. The standard InChI is InChI=1S/C15H21N3O3S2/c1-9(2)7-18-15-12(10(3)17-18)6-13(22-15)14(19)16-11-4-5-23(20,21)8-11/h6,9,11H,4-5,7-8H2,1-3H3,(H,16,19)/t11-/m0/s1.